The number of benzene rings is 1. The Morgan fingerprint density at radius 1 is 1.31 bits per heavy atom. The number of aromatic nitrogens is 2. The van der Waals surface area contributed by atoms with Gasteiger partial charge in [-0.2, -0.15) is 13.2 Å². The second-order valence-electron chi connectivity index (χ2n) is 5.38. The van der Waals surface area contributed by atoms with E-state index in [2.05, 4.69) is 16.3 Å². The fraction of sp³-hybridized carbons (Fsp3) is 0.235. The molecule has 0 aliphatic rings. The molecule has 0 saturated carbocycles. The maximum Gasteiger partial charge on any atom is 0.416 e. The Hall–Kier alpha value is -2.55. The highest BCUT2D eigenvalue weighted by Crippen LogP contribution is 2.30. The molecular weight excluding hydrogens is 369 g/mol. The highest BCUT2D eigenvalue weighted by molar-refractivity contribution is 7.99. The number of rotatable bonds is 5. The van der Waals surface area contributed by atoms with Crippen LogP contribution in [0.2, 0.25) is 0 Å². The minimum Gasteiger partial charge on any atom is -0.465 e. The zero-order valence-corrected chi connectivity index (χ0v) is 14.8. The van der Waals surface area contributed by atoms with Gasteiger partial charge in [0.1, 0.15) is 5.56 Å². The molecule has 0 saturated heterocycles. The SMILES string of the molecule is C=C(C)CSc1ncc(C(=O)OC)c(=O)n1-c1ccc(C(F)(F)F)cc1. The predicted molar refractivity (Wildman–Crippen MR) is 91.7 cm³/mol. The Bertz CT molecular complexity index is 890. The fourth-order valence-corrected chi connectivity index (χ4v) is 2.83. The van der Waals surface area contributed by atoms with Crippen molar-refractivity contribution in [1.82, 2.24) is 9.55 Å². The van der Waals surface area contributed by atoms with E-state index in [0.29, 0.717) is 5.75 Å². The topological polar surface area (TPSA) is 61.2 Å². The first-order valence-electron chi connectivity index (χ1n) is 7.30. The second kappa shape index (κ2) is 7.77. The van der Waals surface area contributed by atoms with Gasteiger partial charge in [0.25, 0.3) is 5.56 Å². The van der Waals surface area contributed by atoms with E-state index in [9.17, 15) is 22.8 Å². The summed E-state index contributed by atoms with van der Waals surface area (Å²) in [7, 11) is 1.12. The molecule has 0 fully saturated rings. The highest BCUT2D eigenvalue weighted by Gasteiger charge is 2.30. The molecule has 0 amide bonds. The van der Waals surface area contributed by atoms with Crippen LogP contribution >= 0.6 is 11.8 Å². The van der Waals surface area contributed by atoms with Gasteiger partial charge in [0.05, 0.1) is 24.6 Å². The van der Waals surface area contributed by atoms with Gasteiger partial charge in [-0.3, -0.25) is 9.36 Å². The predicted octanol–water partition coefficient (Wildman–Crippen LogP) is 3.71. The van der Waals surface area contributed by atoms with Gasteiger partial charge in [-0.15, -0.1) is 0 Å². The molecule has 1 aromatic carbocycles. The van der Waals surface area contributed by atoms with Gasteiger partial charge >= 0.3 is 12.1 Å². The minimum atomic E-state index is -4.49. The molecule has 0 atom stereocenters. The van der Waals surface area contributed by atoms with E-state index in [4.69, 9.17) is 0 Å². The molecule has 1 aromatic heterocycles. The summed E-state index contributed by atoms with van der Waals surface area (Å²) in [6.07, 6.45) is -3.40. The van der Waals surface area contributed by atoms with E-state index in [1.807, 2.05) is 0 Å². The molecule has 0 N–H and O–H groups in total. The quantitative estimate of drug-likeness (QED) is 0.340. The van der Waals surface area contributed by atoms with Crippen LogP contribution in [-0.2, 0) is 10.9 Å². The number of alkyl halides is 3. The lowest BCUT2D eigenvalue weighted by Crippen LogP contribution is -2.28. The van der Waals surface area contributed by atoms with E-state index >= 15 is 0 Å². The summed E-state index contributed by atoms with van der Waals surface area (Å²) in [6, 6.07) is 4.02. The Morgan fingerprint density at radius 2 is 1.92 bits per heavy atom. The number of thioether (sulfide) groups is 1. The number of carbonyl (C=O) groups excluding carboxylic acids is 1. The van der Waals surface area contributed by atoms with Gasteiger partial charge in [0, 0.05) is 5.75 Å². The van der Waals surface area contributed by atoms with Gasteiger partial charge < -0.3 is 4.74 Å². The van der Waals surface area contributed by atoms with Crippen LogP contribution in [0.5, 0.6) is 0 Å². The highest BCUT2D eigenvalue weighted by atomic mass is 32.2. The van der Waals surface area contributed by atoms with Gasteiger partial charge in [0.15, 0.2) is 5.16 Å². The molecule has 0 aliphatic carbocycles. The fourth-order valence-electron chi connectivity index (χ4n) is 2.01. The Labute approximate surface area is 151 Å². The summed E-state index contributed by atoms with van der Waals surface area (Å²) >= 11 is 1.18. The summed E-state index contributed by atoms with van der Waals surface area (Å²) in [5, 5.41) is 0.227. The average molecular weight is 384 g/mol. The summed E-state index contributed by atoms with van der Waals surface area (Å²) in [4.78, 5) is 28.5. The van der Waals surface area contributed by atoms with Crippen molar-refractivity contribution in [3.63, 3.8) is 0 Å². The third kappa shape index (κ3) is 4.34. The standard InChI is InChI=1S/C17H15F3N2O3S/c1-10(2)9-26-16-21-8-13(15(24)25-3)14(23)22(16)12-6-4-11(5-7-12)17(18,19)20/h4-8H,1,9H2,2-3H3. The lowest BCUT2D eigenvalue weighted by Gasteiger charge is -2.14. The van der Waals surface area contributed by atoms with Crippen LogP contribution in [0.15, 0.2) is 52.6 Å². The van der Waals surface area contributed by atoms with Crippen molar-refractivity contribution >= 4 is 17.7 Å². The monoisotopic (exact) mass is 384 g/mol. The molecular formula is C17H15F3N2O3S. The molecule has 26 heavy (non-hydrogen) atoms. The lowest BCUT2D eigenvalue weighted by atomic mass is 10.2. The van der Waals surface area contributed by atoms with Crippen LogP contribution in [0, 0.1) is 0 Å². The van der Waals surface area contributed by atoms with Crippen molar-refractivity contribution in [2.24, 2.45) is 0 Å². The van der Waals surface area contributed by atoms with E-state index in [0.717, 1.165) is 47.7 Å². The zero-order chi connectivity index (χ0) is 19.5. The van der Waals surface area contributed by atoms with Crippen molar-refractivity contribution in [3.05, 3.63) is 64.1 Å². The van der Waals surface area contributed by atoms with Crippen molar-refractivity contribution < 1.29 is 22.7 Å². The van der Waals surface area contributed by atoms with Gasteiger partial charge in [-0.1, -0.05) is 23.9 Å². The second-order valence-corrected chi connectivity index (χ2v) is 6.32. The van der Waals surface area contributed by atoms with Crippen LogP contribution in [0.4, 0.5) is 13.2 Å². The van der Waals surface area contributed by atoms with E-state index in [-0.39, 0.29) is 16.4 Å². The van der Waals surface area contributed by atoms with E-state index in [1.165, 1.54) is 11.8 Å². The number of hydrogen-bond donors (Lipinski definition) is 0. The number of ether oxygens (including phenoxy) is 1. The molecule has 0 spiro atoms. The first kappa shape index (κ1) is 19.8. The van der Waals surface area contributed by atoms with Crippen molar-refractivity contribution in [2.45, 2.75) is 18.3 Å². The first-order valence-corrected chi connectivity index (χ1v) is 8.29. The smallest absolute Gasteiger partial charge is 0.416 e. The largest absolute Gasteiger partial charge is 0.465 e. The molecule has 0 unspecified atom stereocenters. The summed E-state index contributed by atoms with van der Waals surface area (Å²) < 4.78 is 43.9. The molecule has 0 bridgehead atoms. The van der Waals surface area contributed by atoms with Crippen molar-refractivity contribution in [1.29, 1.82) is 0 Å². The maximum atomic E-state index is 12.8. The molecule has 9 heteroatoms. The third-order valence-electron chi connectivity index (χ3n) is 3.23. The van der Waals surface area contributed by atoms with Gasteiger partial charge in [-0.05, 0) is 31.2 Å². The molecule has 138 valence electrons. The normalized spacial score (nSPS) is 11.3. The minimum absolute atomic E-state index is 0.158. The molecule has 2 aromatic rings. The van der Waals surface area contributed by atoms with Crippen LogP contribution in [0.25, 0.3) is 5.69 Å². The third-order valence-corrected chi connectivity index (χ3v) is 4.42. The number of nitrogens with zero attached hydrogens (tertiary/aromatic N) is 2. The Morgan fingerprint density at radius 3 is 2.42 bits per heavy atom. The van der Waals surface area contributed by atoms with Crippen LogP contribution < -0.4 is 5.56 Å². The van der Waals surface area contributed by atoms with Crippen LogP contribution in [0.1, 0.15) is 22.8 Å². The number of esters is 1. The molecule has 0 radical (unpaired) electrons. The summed E-state index contributed by atoms with van der Waals surface area (Å²) in [5.41, 5.74) is -0.906. The molecule has 1 heterocycles. The number of carbonyl (C=O) groups is 1. The van der Waals surface area contributed by atoms with Gasteiger partial charge in [-0.25, -0.2) is 9.78 Å². The Balaban J connectivity index is 2.60. The number of methoxy groups -OCH3 is 1. The number of halogens is 3. The number of hydrogen-bond acceptors (Lipinski definition) is 5. The zero-order valence-electron chi connectivity index (χ0n) is 14.0. The van der Waals surface area contributed by atoms with E-state index in [1.54, 1.807) is 6.92 Å². The lowest BCUT2D eigenvalue weighted by molar-refractivity contribution is -0.137. The van der Waals surface area contributed by atoms with Crippen molar-refractivity contribution in [2.75, 3.05) is 12.9 Å². The maximum absolute atomic E-state index is 12.8. The first-order chi connectivity index (χ1) is 12.1. The van der Waals surface area contributed by atoms with Crippen LogP contribution in [0.3, 0.4) is 0 Å². The van der Waals surface area contributed by atoms with E-state index < -0.39 is 23.3 Å². The molecule has 0 aliphatic heterocycles. The molecule has 5 nitrogen and oxygen atoms in total. The summed E-state index contributed by atoms with van der Waals surface area (Å²) in [5.74, 6) is -0.426. The van der Waals surface area contributed by atoms with Crippen molar-refractivity contribution in [3.8, 4) is 5.69 Å². The molecule has 2 rings (SSSR count). The summed E-state index contributed by atoms with van der Waals surface area (Å²) in [6.45, 7) is 5.55. The van der Waals surface area contributed by atoms with Gasteiger partial charge in [0.2, 0.25) is 0 Å². The Kier molecular flexibility index (Phi) is 5.91. The van der Waals surface area contributed by atoms with Crippen LogP contribution in [-0.4, -0.2) is 28.4 Å². The average Bonchev–Trinajstić information content (AvgIpc) is 2.58.